The van der Waals surface area contributed by atoms with Crippen LogP contribution in [0, 0.1) is 0 Å². The van der Waals surface area contributed by atoms with E-state index in [4.69, 9.17) is 15.1 Å². The molecule has 3 aromatic rings. The fourth-order valence-electron chi connectivity index (χ4n) is 3.38. The number of hydrogen-bond acceptors (Lipinski definition) is 7. The molecule has 1 aliphatic rings. The van der Waals surface area contributed by atoms with E-state index >= 15 is 0 Å². The molecule has 1 fully saturated rings. The van der Waals surface area contributed by atoms with Crippen molar-refractivity contribution in [1.29, 1.82) is 0 Å². The molecule has 136 valence electrons. The molecule has 2 aromatic heterocycles. The molecule has 1 amide bonds. The Morgan fingerprint density at radius 2 is 1.96 bits per heavy atom. The second-order valence-corrected chi connectivity index (χ2v) is 6.56. The minimum absolute atomic E-state index is 0.00794. The van der Waals surface area contributed by atoms with E-state index in [0.29, 0.717) is 24.6 Å². The van der Waals surface area contributed by atoms with Crippen LogP contribution in [0.15, 0.2) is 28.9 Å². The maximum atomic E-state index is 12.9. The minimum atomic E-state index is -0.00794. The van der Waals surface area contributed by atoms with Gasteiger partial charge in [-0.25, -0.2) is 9.61 Å². The Hall–Kier alpha value is -2.94. The monoisotopic (exact) mass is 356 g/mol. The van der Waals surface area contributed by atoms with Crippen molar-refractivity contribution >= 4 is 22.8 Å². The summed E-state index contributed by atoms with van der Waals surface area (Å²) in [6, 6.07) is 7.58. The number of hydrogen-bond donors (Lipinski definition) is 1. The van der Waals surface area contributed by atoms with E-state index in [9.17, 15) is 4.79 Å². The molecule has 2 N–H and O–H groups in total. The van der Waals surface area contributed by atoms with Crippen molar-refractivity contribution in [3.63, 3.8) is 0 Å². The summed E-state index contributed by atoms with van der Waals surface area (Å²) >= 11 is 0. The number of ether oxygens (including phenoxy) is 1. The molecule has 0 spiro atoms. The molecule has 4 rings (SSSR count). The zero-order valence-corrected chi connectivity index (χ0v) is 14.6. The molecule has 1 saturated heterocycles. The summed E-state index contributed by atoms with van der Waals surface area (Å²) in [6.07, 6.45) is 0.0224. The zero-order valence-electron chi connectivity index (χ0n) is 14.6. The van der Waals surface area contributed by atoms with Gasteiger partial charge in [0.25, 0.3) is 0 Å². The Morgan fingerprint density at radius 3 is 2.65 bits per heavy atom. The van der Waals surface area contributed by atoms with Crippen molar-refractivity contribution in [2.75, 3.05) is 18.8 Å². The molecule has 1 aromatic carbocycles. The van der Waals surface area contributed by atoms with Gasteiger partial charge in [-0.3, -0.25) is 4.79 Å². The summed E-state index contributed by atoms with van der Waals surface area (Å²) < 4.78 is 12.2. The highest BCUT2D eigenvalue weighted by molar-refractivity contribution is 5.85. The van der Waals surface area contributed by atoms with Crippen LogP contribution >= 0.6 is 0 Å². The van der Waals surface area contributed by atoms with Gasteiger partial charge in [0.2, 0.25) is 5.91 Å². The molecule has 0 bridgehead atoms. The molecule has 0 saturated carbocycles. The van der Waals surface area contributed by atoms with E-state index in [2.05, 4.69) is 15.3 Å². The second kappa shape index (κ2) is 6.41. The van der Waals surface area contributed by atoms with Crippen LogP contribution in [0.1, 0.15) is 13.8 Å². The summed E-state index contributed by atoms with van der Waals surface area (Å²) in [4.78, 5) is 19.3. The van der Waals surface area contributed by atoms with Crippen LogP contribution < -0.4 is 5.73 Å². The number of para-hydroxylation sites is 2. The molecule has 2 unspecified atom stereocenters. The summed E-state index contributed by atoms with van der Waals surface area (Å²) in [6.45, 7) is 5.20. The van der Waals surface area contributed by atoms with Gasteiger partial charge in [0.15, 0.2) is 17.3 Å². The molecule has 26 heavy (non-hydrogen) atoms. The number of anilines is 1. The molecule has 0 aliphatic carbocycles. The van der Waals surface area contributed by atoms with E-state index in [1.165, 1.54) is 0 Å². The standard InChI is InChI=1S/C17H20N6O3/c1-10-7-22(8-11(2)25-10)14(24)9-23-13-6-4-3-5-12(13)19-17(23)15-16(18)21-26-20-15/h3-6,10-11H,7-9H2,1-2H3,(H2,18,21). The number of nitrogen functional groups attached to an aromatic ring is 1. The van der Waals surface area contributed by atoms with Crippen molar-refractivity contribution < 1.29 is 14.2 Å². The number of carbonyl (C=O) groups is 1. The smallest absolute Gasteiger partial charge is 0.242 e. The molecule has 2 atom stereocenters. The van der Waals surface area contributed by atoms with Crippen molar-refractivity contribution in [1.82, 2.24) is 24.8 Å². The van der Waals surface area contributed by atoms with Crippen LogP contribution in [-0.2, 0) is 16.1 Å². The van der Waals surface area contributed by atoms with Gasteiger partial charge in [0.1, 0.15) is 6.54 Å². The van der Waals surface area contributed by atoms with Crippen LogP contribution in [-0.4, -0.2) is 56.0 Å². The molecule has 9 nitrogen and oxygen atoms in total. The first-order valence-corrected chi connectivity index (χ1v) is 8.50. The van der Waals surface area contributed by atoms with Gasteiger partial charge >= 0.3 is 0 Å². The number of nitrogens with two attached hydrogens (primary N) is 1. The third-order valence-corrected chi connectivity index (χ3v) is 4.45. The van der Waals surface area contributed by atoms with Crippen LogP contribution in [0.3, 0.4) is 0 Å². The predicted octanol–water partition coefficient (Wildman–Crippen LogP) is 1.30. The molecule has 1 aliphatic heterocycles. The van der Waals surface area contributed by atoms with Gasteiger partial charge in [0, 0.05) is 13.1 Å². The normalized spacial score (nSPS) is 20.6. The maximum absolute atomic E-state index is 12.9. The topological polar surface area (TPSA) is 112 Å². The third-order valence-electron chi connectivity index (χ3n) is 4.45. The lowest BCUT2D eigenvalue weighted by atomic mass is 10.2. The van der Waals surface area contributed by atoms with Crippen molar-refractivity contribution in [3.05, 3.63) is 24.3 Å². The molecule has 0 radical (unpaired) electrons. The Morgan fingerprint density at radius 1 is 1.23 bits per heavy atom. The number of morpholine rings is 1. The number of rotatable bonds is 3. The highest BCUT2D eigenvalue weighted by Crippen LogP contribution is 2.26. The Labute approximate surface area is 149 Å². The first-order chi connectivity index (χ1) is 12.5. The van der Waals surface area contributed by atoms with Gasteiger partial charge in [-0.1, -0.05) is 12.1 Å². The van der Waals surface area contributed by atoms with Crippen molar-refractivity contribution in [2.24, 2.45) is 0 Å². The number of imidazole rings is 1. The van der Waals surface area contributed by atoms with Crippen molar-refractivity contribution in [2.45, 2.75) is 32.6 Å². The van der Waals surface area contributed by atoms with Crippen LogP contribution in [0.25, 0.3) is 22.6 Å². The molecule has 3 heterocycles. The Balaban J connectivity index is 1.71. The number of carbonyl (C=O) groups excluding carboxylic acids is 1. The van der Waals surface area contributed by atoms with E-state index in [0.717, 1.165) is 11.0 Å². The number of nitrogens with zero attached hydrogens (tertiary/aromatic N) is 5. The number of benzene rings is 1. The summed E-state index contributed by atoms with van der Waals surface area (Å²) in [7, 11) is 0. The van der Waals surface area contributed by atoms with E-state index < -0.39 is 0 Å². The quantitative estimate of drug-likeness (QED) is 0.753. The number of amides is 1. The Kier molecular flexibility index (Phi) is 4.08. The lowest BCUT2D eigenvalue weighted by Crippen LogP contribution is -2.49. The largest absolute Gasteiger partial charge is 0.379 e. The summed E-state index contributed by atoms with van der Waals surface area (Å²) in [5, 5.41) is 7.47. The second-order valence-electron chi connectivity index (χ2n) is 6.56. The van der Waals surface area contributed by atoms with Gasteiger partial charge in [0.05, 0.1) is 23.2 Å². The highest BCUT2D eigenvalue weighted by Gasteiger charge is 2.27. The first-order valence-electron chi connectivity index (χ1n) is 8.50. The Bertz CT molecular complexity index is 939. The minimum Gasteiger partial charge on any atom is -0.379 e. The zero-order chi connectivity index (χ0) is 18.3. The van der Waals surface area contributed by atoms with Crippen LogP contribution in [0.2, 0.25) is 0 Å². The van der Waals surface area contributed by atoms with Gasteiger partial charge in [-0.05, 0) is 36.3 Å². The highest BCUT2D eigenvalue weighted by atomic mass is 16.6. The fraction of sp³-hybridized carbons (Fsp3) is 0.412. The van der Waals surface area contributed by atoms with Gasteiger partial charge < -0.3 is 19.9 Å². The van der Waals surface area contributed by atoms with Crippen LogP contribution in [0.5, 0.6) is 0 Å². The summed E-state index contributed by atoms with van der Waals surface area (Å²) in [5.74, 6) is 0.599. The van der Waals surface area contributed by atoms with Crippen LogP contribution in [0.4, 0.5) is 5.82 Å². The van der Waals surface area contributed by atoms with E-state index in [1.54, 1.807) is 4.57 Å². The van der Waals surface area contributed by atoms with E-state index in [-0.39, 0.29) is 30.5 Å². The average Bonchev–Trinajstić information content (AvgIpc) is 3.17. The summed E-state index contributed by atoms with van der Waals surface area (Å²) in [5.41, 5.74) is 7.75. The van der Waals surface area contributed by atoms with E-state index in [1.807, 2.05) is 43.0 Å². The average molecular weight is 356 g/mol. The SMILES string of the molecule is CC1CN(C(=O)Cn2c(-c3nonc3N)nc3ccccc32)CC(C)O1. The number of aromatic nitrogens is 4. The lowest BCUT2D eigenvalue weighted by Gasteiger charge is -2.35. The predicted molar refractivity (Wildman–Crippen MR) is 94.0 cm³/mol. The first kappa shape index (κ1) is 16.5. The number of fused-ring (bicyclic) bond motifs is 1. The maximum Gasteiger partial charge on any atom is 0.242 e. The fourth-order valence-corrected chi connectivity index (χ4v) is 3.38. The molecular weight excluding hydrogens is 336 g/mol. The lowest BCUT2D eigenvalue weighted by molar-refractivity contribution is -0.143. The van der Waals surface area contributed by atoms with Gasteiger partial charge in [-0.15, -0.1) is 0 Å². The van der Waals surface area contributed by atoms with Crippen molar-refractivity contribution in [3.8, 4) is 11.5 Å². The molecule has 9 heteroatoms. The van der Waals surface area contributed by atoms with Gasteiger partial charge in [-0.2, -0.15) is 0 Å². The third kappa shape index (κ3) is 2.90. The molecular formula is C17H20N6O3.